The van der Waals surface area contributed by atoms with E-state index in [9.17, 15) is 14.4 Å². The Morgan fingerprint density at radius 2 is 2.28 bits per heavy atom. The van der Waals surface area contributed by atoms with Crippen LogP contribution in [0.3, 0.4) is 0 Å². The van der Waals surface area contributed by atoms with Gasteiger partial charge < -0.3 is 9.73 Å². The maximum absolute atomic E-state index is 11.6. The molecule has 0 radical (unpaired) electrons. The quantitative estimate of drug-likeness (QED) is 0.903. The van der Waals surface area contributed by atoms with Crippen LogP contribution in [0.15, 0.2) is 21.2 Å². The minimum absolute atomic E-state index is 0.176. The third kappa shape index (κ3) is 2.94. The highest BCUT2D eigenvalue weighted by atomic mass is 79.9. The van der Waals surface area contributed by atoms with Crippen molar-refractivity contribution in [3.8, 4) is 0 Å². The van der Waals surface area contributed by atoms with E-state index < -0.39 is 0 Å². The number of thioether (sulfide) groups is 1. The van der Waals surface area contributed by atoms with Gasteiger partial charge in [0.25, 0.3) is 11.1 Å². The van der Waals surface area contributed by atoms with E-state index in [1.807, 2.05) is 0 Å². The van der Waals surface area contributed by atoms with Crippen molar-refractivity contribution in [2.45, 2.75) is 0 Å². The molecule has 3 amide bonds. The van der Waals surface area contributed by atoms with Crippen molar-refractivity contribution in [1.29, 1.82) is 0 Å². The smallest absolute Gasteiger partial charge is 0.288 e. The lowest BCUT2D eigenvalue weighted by Crippen LogP contribution is -2.37. The topological polar surface area (TPSA) is 79.6 Å². The van der Waals surface area contributed by atoms with Gasteiger partial charge in [-0.25, -0.2) is 0 Å². The van der Waals surface area contributed by atoms with Crippen LogP contribution in [0.4, 0.5) is 4.79 Å². The maximum atomic E-state index is 11.6. The van der Waals surface area contributed by atoms with Crippen LogP contribution in [0.2, 0.25) is 0 Å². The van der Waals surface area contributed by atoms with E-state index in [1.165, 1.54) is 6.07 Å². The molecule has 0 unspecified atom stereocenters. The van der Waals surface area contributed by atoms with Gasteiger partial charge in [-0.1, -0.05) is 11.8 Å². The molecule has 1 N–H and O–H groups in total. The number of nitrogens with one attached hydrogen (secondary N) is 1. The van der Waals surface area contributed by atoms with Crippen LogP contribution in [-0.2, 0) is 4.79 Å². The number of imide groups is 1. The van der Waals surface area contributed by atoms with Gasteiger partial charge in [-0.2, -0.15) is 0 Å². The van der Waals surface area contributed by atoms with Crippen molar-refractivity contribution in [2.75, 3.05) is 18.8 Å². The summed E-state index contributed by atoms with van der Waals surface area (Å²) in [5.74, 6) is -0.250. The van der Waals surface area contributed by atoms with E-state index in [2.05, 4.69) is 21.2 Å². The SMILES string of the molecule is O=C(NCCN1C(=O)CSC1=O)c1ccc(Br)o1. The van der Waals surface area contributed by atoms with Crippen LogP contribution in [-0.4, -0.2) is 40.8 Å². The summed E-state index contributed by atoms with van der Waals surface area (Å²) in [5, 5.41) is 2.30. The Labute approximate surface area is 115 Å². The second-order valence-electron chi connectivity index (χ2n) is 3.46. The third-order valence-electron chi connectivity index (χ3n) is 2.26. The van der Waals surface area contributed by atoms with E-state index in [-0.39, 0.29) is 41.7 Å². The monoisotopic (exact) mass is 332 g/mol. The summed E-state index contributed by atoms with van der Waals surface area (Å²) < 4.78 is 5.53. The molecule has 1 saturated heterocycles. The standard InChI is InChI=1S/C10H9BrN2O4S/c11-7-2-1-6(17-7)9(15)12-3-4-13-8(14)5-18-10(13)16/h1-2H,3-5H2,(H,12,15). The summed E-state index contributed by atoms with van der Waals surface area (Å²) in [5.41, 5.74) is 0. The van der Waals surface area contributed by atoms with Gasteiger partial charge in [0.15, 0.2) is 10.4 Å². The molecule has 0 aromatic carbocycles. The number of furan rings is 1. The molecular formula is C10H9BrN2O4S. The molecule has 0 saturated carbocycles. The fraction of sp³-hybridized carbons (Fsp3) is 0.300. The molecule has 0 spiro atoms. The highest BCUT2D eigenvalue weighted by molar-refractivity contribution is 9.10. The van der Waals surface area contributed by atoms with Gasteiger partial charge in [0.05, 0.1) is 5.75 Å². The molecule has 18 heavy (non-hydrogen) atoms. The molecule has 1 aliphatic heterocycles. The predicted molar refractivity (Wildman–Crippen MR) is 68.3 cm³/mol. The first-order chi connectivity index (χ1) is 8.58. The van der Waals surface area contributed by atoms with Gasteiger partial charge >= 0.3 is 0 Å². The molecule has 2 heterocycles. The number of hydrogen-bond acceptors (Lipinski definition) is 5. The molecule has 96 valence electrons. The molecule has 1 aliphatic rings. The van der Waals surface area contributed by atoms with Crippen LogP contribution in [0.25, 0.3) is 0 Å². The first kappa shape index (κ1) is 13.2. The van der Waals surface area contributed by atoms with E-state index in [1.54, 1.807) is 6.07 Å². The largest absolute Gasteiger partial charge is 0.444 e. The average molecular weight is 333 g/mol. The lowest BCUT2D eigenvalue weighted by atomic mass is 10.4. The van der Waals surface area contributed by atoms with Crippen molar-refractivity contribution >= 4 is 44.7 Å². The van der Waals surface area contributed by atoms with Gasteiger partial charge in [-0.15, -0.1) is 0 Å². The highest BCUT2D eigenvalue weighted by Crippen LogP contribution is 2.18. The summed E-state index contributed by atoms with van der Waals surface area (Å²) in [4.78, 5) is 35.2. The molecule has 1 aromatic heterocycles. The average Bonchev–Trinajstić information content (AvgIpc) is 2.89. The number of carbonyl (C=O) groups excluding carboxylic acids is 3. The van der Waals surface area contributed by atoms with Gasteiger partial charge in [-0.05, 0) is 28.1 Å². The zero-order chi connectivity index (χ0) is 13.1. The Balaban J connectivity index is 1.80. The fourth-order valence-corrected chi connectivity index (χ4v) is 2.46. The zero-order valence-electron chi connectivity index (χ0n) is 9.14. The van der Waals surface area contributed by atoms with Crippen LogP contribution in [0.1, 0.15) is 10.6 Å². The Kier molecular flexibility index (Phi) is 4.07. The van der Waals surface area contributed by atoms with Gasteiger partial charge in [0.1, 0.15) is 0 Å². The number of nitrogens with zero attached hydrogens (tertiary/aromatic N) is 1. The molecule has 1 aromatic rings. The van der Waals surface area contributed by atoms with Crippen LogP contribution < -0.4 is 5.32 Å². The lowest BCUT2D eigenvalue weighted by molar-refractivity contribution is -0.124. The maximum Gasteiger partial charge on any atom is 0.288 e. The first-order valence-corrected chi connectivity index (χ1v) is 6.86. The van der Waals surface area contributed by atoms with Gasteiger partial charge in [-0.3, -0.25) is 19.3 Å². The summed E-state index contributed by atoms with van der Waals surface area (Å²) in [6, 6.07) is 3.14. The fourth-order valence-electron chi connectivity index (χ4n) is 1.40. The van der Waals surface area contributed by atoms with Crippen molar-refractivity contribution in [3.63, 3.8) is 0 Å². The number of carbonyl (C=O) groups is 3. The molecule has 8 heteroatoms. The van der Waals surface area contributed by atoms with Gasteiger partial charge in [0, 0.05) is 13.1 Å². The van der Waals surface area contributed by atoms with Crippen LogP contribution in [0.5, 0.6) is 0 Å². The molecule has 6 nitrogen and oxygen atoms in total. The summed E-state index contributed by atoms with van der Waals surface area (Å²) in [7, 11) is 0. The normalized spacial score (nSPS) is 15.3. The van der Waals surface area contributed by atoms with Crippen LogP contribution >= 0.6 is 27.7 Å². The zero-order valence-corrected chi connectivity index (χ0v) is 11.5. The van der Waals surface area contributed by atoms with Crippen molar-refractivity contribution < 1.29 is 18.8 Å². The van der Waals surface area contributed by atoms with E-state index in [4.69, 9.17) is 4.42 Å². The molecule has 0 aliphatic carbocycles. The Hall–Kier alpha value is -1.28. The number of halogens is 1. The highest BCUT2D eigenvalue weighted by Gasteiger charge is 2.29. The minimum atomic E-state index is -0.382. The molecule has 2 rings (SSSR count). The first-order valence-electron chi connectivity index (χ1n) is 5.08. The molecule has 1 fully saturated rings. The Morgan fingerprint density at radius 3 is 2.83 bits per heavy atom. The lowest BCUT2D eigenvalue weighted by Gasteiger charge is -2.12. The van der Waals surface area contributed by atoms with Crippen molar-refractivity contribution in [1.82, 2.24) is 10.2 Å². The molecule has 0 bridgehead atoms. The molecule has 0 atom stereocenters. The summed E-state index contributed by atoms with van der Waals surface area (Å²) in [6.07, 6.45) is 0. The Morgan fingerprint density at radius 1 is 1.50 bits per heavy atom. The summed E-state index contributed by atoms with van der Waals surface area (Å²) >= 11 is 4.06. The van der Waals surface area contributed by atoms with Crippen molar-refractivity contribution in [3.05, 3.63) is 22.6 Å². The Bertz CT molecular complexity index is 486. The second-order valence-corrected chi connectivity index (χ2v) is 5.17. The number of hydrogen-bond donors (Lipinski definition) is 1. The third-order valence-corrected chi connectivity index (χ3v) is 3.54. The second kappa shape index (κ2) is 5.57. The minimum Gasteiger partial charge on any atom is -0.444 e. The van der Waals surface area contributed by atoms with E-state index >= 15 is 0 Å². The predicted octanol–water partition coefficient (Wildman–Crippen LogP) is 1.47. The number of amides is 3. The number of rotatable bonds is 4. The van der Waals surface area contributed by atoms with E-state index in [0.717, 1.165) is 16.7 Å². The van der Waals surface area contributed by atoms with Crippen molar-refractivity contribution in [2.24, 2.45) is 0 Å². The molecular weight excluding hydrogens is 324 g/mol. The summed E-state index contributed by atoms with van der Waals surface area (Å²) in [6.45, 7) is 0.382. The van der Waals surface area contributed by atoms with E-state index in [0.29, 0.717) is 4.67 Å². The van der Waals surface area contributed by atoms with Gasteiger partial charge in [0.2, 0.25) is 5.91 Å². The van der Waals surface area contributed by atoms with Crippen LogP contribution in [0, 0.1) is 0 Å².